The number of rotatable bonds is 6. The van der Waals surface area contributed by atoms with Crippen LogP contribution in [0.1, 0.15) is 40.5 Å². The molecule has 0 aromatic carbocycles. The molecule has 1 N–H and O–H groups in total. The van der Waals surface area contributed by atoms with E-state index in [0.717, 1.165) is 0 Å². The van der Waals surface area contributed by atoms with E-state index in [1.165, 1.54) is 4.90 Å². The number of carbonyl (C=O) groups excluding carboxylic acids is 2. The Morgan fingerprint density at radius 2 is 2.00 bits per heavy atom. The minimum Gasteiger partial charge on any atom is -0.444 e. The fourth-order valence-electron chi connectivity index (χ4n) is 2.42. The van der Waals surface area contributed by atoms with Crippen LogP contribution in [-0.2, 0) is 25.1 Å². The average Bonchev–Trinajstić information content (AvgIpc) is 2.89. The smallest absolute Gasteiger partial charge is 0.411 e. The second-order valence-electron chi connectivity index (χ2n) is 7.13. The maximum absolute atomic E-state index is 12.4. The molecular formula is C16H30N2O5S. The first-order valence-electron chi connectivity index (χ1n) is 8.17. The molecule has 7 nitrogen and oxygen atoms in total. The fraction of sp³-hybridized carbons (Fsp3) is 0.875. The number of carbonyl (C=O) groups is 2. The summed E-state index contributed by atoms with van der Waals surface area (Å²) in [5, 5.41) is 2.84. The van der Waals surface area contributed by atoms with Gasteiger partial charge in [-0.05, 0) is 27.2 Å². The van der Waals surface area contributed by atoms with Crippen LogP contribution in [-0.4, -0.2) is 70.6 Å². The van der Waals surface area contributed by atoms with Crippen LogP contribution in [0.25, 0.3) is 0 Å². The molecular weight excluding hydrogens is 332 g/mol. The van der Waals surface area contributed by atoms with Crippen molar-refractivity contribution in [2.45, 2.75) is 63.5 Å². The SMILES string of the molecule is CO[C@H]1C[C@H](C(=O)NCC[C@H](C)[S@](C)=O)N(C(=O)OC(C)(C)C)C1. The second kappa shape index (κ2) is 8.80. The van der Waals surface area contributed by atoms with Crippen molar-refractivity contribution in [3.63, 3.8) is 0 Å². The number of nitrogens with one attached hydrogen (secondary N) is 1. The summed E-state index contributed by atoms with van der Waals surface area (Å²) in [6.45, 7) is 8.00. The van der Waals surface area contributed by atoms with Crippen LogP contribution < -0.4 is 5.32 Å². The van der Waals surface area contributed by atoms with Crippen LogP contribution in [0.2, 0.25) is 0 Å². The summed E-state index contributed by atoms with van der Waals surface area (Å²) < 4.78 is 22.0. The zero-order chi connectivity index (χ0) is 18.5. The third-order valence-corrected chi connectivity index (χ3v) is 5.31. The fourth-order valence-corrected chi connectivity index (χ4v) is 2.87. The summed E-state index contributed by atoms with van der Waals surface area (Å²) in [5.74, 6) is -0.227. The third-order valence-electron chi connectivity index (χ3n) is 3.94. The summed E-state index contributed by atoms with van der Waals surface area (Å²) >= 11 is 0. The molecule has 1 rings (SSSR count). The Balaban J connectivity index is 2.65. The summed E-state index contributed by atoms with van der Waals surface area (Å²) in [7, 11) is 0.650. The van der Waals surface area contributed by atoms with E-state index >= 15 is 0 Å². The lowest BCUT2D eigenvalue weighted by Crippen LogP contribution is -2.48. The van der Waals surface area contributed by atoms with E-state index in [1.54, 1.807) is 34.1 Å². The van der Waals surface area contributed by atoms with Gasteiger partial charge in [-0.2, -0.15) is 0 Å². The summed E-state index contributed by atoms with van der Waals surface area (Å²) in [4.78, 5) is 26.2. The standard InChI is InChI=1S/C16H30N2O5S/c1-11(24(6)21)7-8-17-14(19)13-9-12(22-5)10-18(13)15(20)23-16(2,3)4/h11-13H,7-10H2,1-6H3,(H,17,19)/t11-,12-,13+,24-/m0/s1. The van der Waals surface area contributed by atoms with Gasteiger partial charge in [-0.3, -0.25) is 13.9 Å². The van der Waals surface area contributed by atoms with E-state index in [2.05, 4.69) is 5.32 Å². The number of hydrogen-bond donors (Lipinski definition) is 1. The molecule has 24 heavy (non-hydrogen) atoms. The normalized spacial score (nSPS) is 23.7. The Kier molecular flexibility index (Phi) is 7.66. The van der Waals surface area contributed by atoms with Crippen molar-refractivity contribution in [1.82, 2.24) is 10.2 Å². The summed E-state index contributed by atoms with van der Waals surface area (Å²) in [5.41, 5.74) is -0.621. The van der Waals surface area contributed by atoms with Crippen molar-refractivity contribution in [1.29, 1.82) is 0 Å². The molecule has 0 spiro atoms. The quantitative estimate of drug-likeness (QED) is 0.769. The molecule has 1 aliphatic rings. The topological polar surface area (TPSA) is 84.9 Å². The molecule has 4 atom stereocenters. The van der Waals surface area contributed by atoms with Crippen LogP contribution in [0.5, 0.6) is 0 Å². The number of amides is 2. The van der Waals surface area contributed by atoms with Crippen molar-refractivity contribution in [3.05, 3.63) is 0 Å². The van der Waals surface area contributed by atoms with E-state index in [-0.39, 0.29) is 17.3 Å². The first-order valence-corrected chi connectivity index (χ1v) is 9.79. The van der Waals surface area contributed by atoms with Crippen molar-refractivity contribution < 1.29 is 23.3 Å². The second-order valence-corrected chi connectivity index (χ2v) is 8.93. The van der Waals surface area contributed by atoms with Crippen molar-refractivity contribution in [2.24, 2.45) is 0 Å². The zero-order valence-corrected chi connectivity index (χ0v) is 16.3. The molecule has 0 saturated carbocycles. The minimum absolute atomic E-state index is 0.0163. The van der Waals surface area contributed by atoms with Gasteiger partial charge < -0.3 is 14.8 Å². The van der Waals surface area contributed by atoms with Crippen LogP contribution in [0.15, 0.2) is 0 Å². The highest BCUT2D eigenvalue weighted by Crippen LogP contribution is 2.23. The molecule has 0 radical (unpaired) electrons. The molecule has 1 heterocycles. The van der Waals surface area contributed by atoms with Gasteiger partial charge in [-0.25, -0.2) is 4.79 Å². The van der Waals surface area contributed by atoms with Crippen LogP contribution in [0.3, 0.4) is 0 Å². The molecule has 1 saturated heterocycles. The number of methoxy groups -OCH3 is 1. The van der Waals surface area contributed by atoms with Crippen LogP contribution >= 0.6 is 0 Å². The lowest BCUT2D eigenvalue weighted by Gasteiger charge is -2.28. The molecule has 0 aliphatic carbocycles. The number of ether oxygens (including phenoxy) is 2. The van der Waals surface area contributed by atoms with E-state index in [9.17, 15) is 13.8 Å². The van der Waals surface area contributed by atoms with Crippen molar-refractivity contribution in [2.75, 3.05) is 26.5 Å². The molecule has 0 aromatic rings. The van der Waals surface area contributed by atoms with Gasteiger partial charge >= 0.3 is 6.09 Å². The molecule has 2 amide bonds. The van der Waals surface area contributed by atoms with Gasteiger partial charge in [0.2, 0.25) is 5.91 Å². The highest BCUT2D eigenvalue weighted by molar-refractivity contribution is 7.84. The molecule has 1 aliphatic heterocycles. The van der Waals surface area contributed by atoms with E-state index < -0.39 is 28.5 Å². The minimum atomic E-state index is -0.916. The predicted octanol–water partition coefficient (Wildman–Crippen LogP) is 1.28. The number of hydrogen-bond acceptors (Lipinski definition) is 5. The van der Waals surface area contributed by atoms with Gasteiger partial charge in [0.05, 0.1) is 12.6 Å². The van der Waals surface area contributed by atoms with Crippen molar-refractivity contribution in [3.8, 4) is 0 Å². The Labute approximate surface area is 146 Å². The predicted molar refractivity (Wildman–Crippen MR) is 93.3 cm³/mol. The maximum Gasteiger partial charge on any atom is 0.411 e. The highest BCUT2D eigenvalue weighted by atomic mass is 32.2. The van der Waals surface area contributed by atoms with Gasteiger partial charge in [0.15, 0.2) is 0 Å². The largest absolute Gasteiger partial charge is 0.444 e. The molecule has 8 heteroatoms. The monoisotopic (exact) mass is 362 g/mol. The molecule has 0 bridgehead atoms. The molecule has 140 valence electrons. The number of nitrogens with zero attached hydrogens (tertiary/aromatic N) is 1. The van der Waals surface area contributed by atoms with Crippen molar-refractivity contribution >= 4 is 22.8 Å². The molecule has 1 fully saturated rings. The van der Waals surface area contributed by atoms with Gasteiger partial charge in [0.1, 0.15) is 11.6 Å². The summed E-state index contributed by atoms with van der Waals surface area (Å²) in [6.07, 6.45) is 2.02. The zero-order valence-electron chi connectivity index (χ0n) is 15.5. The lowest BCUT2D eigenvalue weighted by atomic mass is 10.2. The first kappa shape index (κ1) is 20.9. The first-order chi connectivity index (χ1) is 11.0. The highest BCUT2D eigenvalue weighted by Gasteiger charge is 2.41. The third kappa shape index (κ3) is 6.39. The van der Waals surface area contributed by atoms with Crippen LogP contribution in [0, 0.1) is 0 Å². The molecule has 0 unspecified atom stereocenters. The maximum atomic E-state index is 12.4. The lowest BCUT2D eigenvalue weighted by molar-refractivity contribution is -0.125. The van der Waals surface area contributed by atoms with E-state index in [4.69, 9.17) is 9.47 Å². The van der Waals surface area contributed by atoms with Gasteiger partial charge in [-0.1, -0.05) is 6.92 Å². The van der Waals surface area contributed by atoms with Gasteiger partial charge in [-0.15, -0.1) is 0 Å². The molecule has 0 aromatic heterocycles. The Morgan fingerprint density at radius 3 is 2.50 bits per heavy atom. The average molecular weight is 362 g/mol. The number of likely N-dealkylation sites (tertiary alicyclic amines) is 1. The van der Waals surface area contributed by atoms with Gasteiger partial charge in [0, 0.05) is 42.4 Å². The summed E-state index contributed by atoms with van der Waals surface area (Å²) in [6, 6.07) is -0.604. The Morgan fingerprint density at radius 1 is 1.38 bits per heavy atom. The van der Waals surface area contributed by atoms with E-state index in [0.29, 0.717) is 25.9 Å². The van der Waals surface area contributed by atoms with Crippen LogP contribution in [0.4, 0.5) is 4.79 Å². The Bertz CT molecular complexity index is 478. The Hall–Kier alpha value is -1.15. The van der Waals surface area contributed by atoms with E-state index in [1.807, 2.05) is 6.92 Å². The van der Waals surface area contributed by atoms with Gasteiger partial charge in [0.25, 0.3) is 0 Å².